The van der Waals surface area contributed by atoms with Gasteiger partial charge in [0.25, 0.3) is 5.56 Å². The molecule has 1 aromatic rings. The lowest BCUT2D eigenvalue weighted by atomic mass is 9.99. The van der Waals surface area contributed by atoms with E-state index < -0.39 is 0 Å². The first-order chi connectivity index (χ1) is 8.10. The predicted molar refractivity (Wildman–Crippen MR) is 79.3 cm³/mol. The lowest BCUT2D eigenvalue weighted by Crippen LogP contribution is -2.28. The molecule has 4 heteroatoms. The Labute approximate surface area is 117 Å². The standard InChI is InChI=1S/C13H21IN2O/c1-4-6-7-11(5-2)9-16-10(3)15-8-12(14)13(16)17/h8,11H,4-7,9H2,1-3H3. The first kappa shape index (κ1) is 14.7. The molecule has 1 rings (SSSR count). The number of aromatic nitrogens is 2. The predicted octanol–water partition coefficient (Wildman–Crippen LogP) is 3.37. The summed E-state index contributed by atoms with van der Waals surface area (Å²) in [5, 5.41) is 0. The zero-order chi connectivity index (χ0) is 12.8. The molecule has 0 spiro atoms. The normalized spacial score (nSPS) is 12.7. The maximum Gasteiger partial charge on any atom is 0.266 e. The first-order valence-corrected chi connectivity index (χ1v) is 7.39. The molecule has 0 radical (unpaired) electrons. The third kappa shape index (κ3) is 4.08. The zero-order valence-corrected chi connectivity index (χ0v) is 13.0. The Hall–Kier alpha value is -0.390. The molecule has 1 aromatic heterocycles. The topological polar surface area (TPSA) is 34.9 Å². The van der Waals surface area contributed by atoms with E-state index in [0.29, 0.717) is 9.49 Å². The van der Waals surface area contributed by atoms with Gasteiger partial charge in [-0.15, -0.1) is 0 Å². The van der Waals surface area contributed by atoms with Crippen molar-refractivity contribution in [2.45, 2.75) is 53.0 Å². The molecule has 0 aliphatic carbocycles. The number of aryl methyl sites for hydroxylation is 1. The van der Waals surface area contributed by atoms with Crippen LogP contribution < -0.4 is 5.56 Å². The van der Waals surface area contributed by atoms with Crippen molar-refractivity contribution in [3.63, 3.8) is 0 Å². The van der Waals surface area contributed by atoms with Crippen molar-refractivity contribution in [1.29, 1.82) is 0 Å². The van der Waals surface area contributed by atoms with Gasteiger partial charge in [0.05, 0.1) is 3.57 Å². The Kier molecular flexibility index (Phi) is 6.16. The monoisotopic (exact) mass is 348 g/mol. The SMILES string of the molecule is CCCCC(CC)Cn1c(C)ncc(I)c1=O. The lowest BCUT2D eigenvalue weighted by Gasteiger charge is -2.17. The van der Waals surface area contributed by atoms with E-state index in [1.807, 2.05) is 11.5 Å². The fraction of sp³-hybridized carbons (Fsp3) is 0.692. The van der Waals surface area contributed by atoms with E-state index >= 15 is 0 Å². The highest BCUT2D eigenvalue weighted by Gasteiger charge is 2.11. The second kappa shape index (κ2) is 7.13. The minimum atomic E-state index is 0.105. The lowest BCUT2D eigenvalue weighted by molar-refractivity contribution is 0.378. The van der Waals surface area contributed by atoms with Crippen molar-refractivity contribution in [3.8, 4) is 0 Å². The van der Waals surface area contributed by atoms with Crippen LogP contribution in [0.4, 0.5) is 0 Å². The summed E-state index contributed by atoms with van der Waals surface area (Å²) >= 11 is 2.06. The second-order valence-electron chi connectivity index (χ2n) is 4.49. The molecule has 0 saturated heterocycles. The van der Waals surface area contributed by atoms with E-state index in [9.17, 15) is 4.79 Å². The van der Waals surface area contributed by atoms with Crippen molar-refractivity contribution in [3.05, 3.63) is 25.9 Å². The van der Waals surface area contributed by atoms with Crippen molar-refractivity contribution in [1.82, 2.24) is 9.55 Å². The molecule has 1 unspecified atom stereocenters. The number of halogens is 1. The van der Waals surface area contributed by atoms with E-state index in [0.717, 1.165) is 18.8 Å². The highest BCUT2D eigenvalue weighted by Crippen LogP contribution is 2.15. The van der Waals surface area contributed by atoms with Gasteiger partial charge in [-0.2, -0.15) is 0 Å². The van der Waals surface area contributed by atoms with Crippen LogP contribution in [-0.4, -0.2) is 9.55 Å². The molecule has 17 heavy (non-hydrogen) atoms. The zero-order valence-electron chi connectivity index (χ0n) is 10.9. The van der Waals surface area contributed by atoms with Crippen LogP contribution in [0.15, 0.2) is 11.0 Å². The summed E-state index contributed by atoms with van der Waals surface area (Å²) in [6, 6.07) is 0. The molecule has 3 nitrogen and oxygen atoms in total. The summed E-state index contributed by atoms with van der Waals surface area (Å²) in [6.07, 6.45) is 6.43. The molecule has 0 N–H and O–H groups in total. The summed E-state index contributed by atoms with van der Waals surface area (Å²) in [4.78, 5) is 16.3. The number of hydrogen-bond acceptors (Lipinski definition) is 2. The third-order valence-corrected chi connectivity index (χ3v) is 3.93. The van der Waals surface area contributed by atoms with Crippen LogP contribution in [0.3, 0.4) is 0 Å². The Balaban J connectivity index is 2.86. The van der Waals surface area contributed by atoms with Gasteiger partial charge in [-0.25, -0.2) is 4.98 Å². The van der Waals surface area contributed by atoms with Crippen LogP contribution in [-0.2, 0) is 6.54 Å². The Morgan fingerprint density at radius 2 is 2.18 bits per heavy atom. The van der Waals surface area contributed by atoms with Gasteiger partial charge < -0.3 is 0 Å². The van der Waals surface area contributed by atoms with Crippen molar-refractivity contribution in [2.24, 2.45) is 5.92 Å². The van der Waals surface area contributed by atoms with Gasteiger partial charge in [0.1, 0.15) is 5.82 Å². The Morgan fingerprint density at radius 1 is 1.47 bits per heavy atom. The number of rotatable bonds is 6. The first-order valence-electron chi connectivity index (χ1n) is 6.32. The van der Waals surface area contributed by atoms with Crippen LogP contribution in [0, 0.1) is 16.4 Å². The van der Waals surface area contributed by atoms with Crippen molar-refractivity contribution < 1.29 is 0 Å². The minimum absolute atomic E-state index is 0.105. The quantitative estimate of drug-likeness (QED) is 0.739. The highest BCUT2D eigenvalue weighted by atomic mass is 127. The minimum Gasteiger partial charge on any atom is -0.296 e. The molecule has 0 fully saturated rings. The van der Waals surface area contributed by atoms with Crippen LogP contribution in [0.5, 0.6) is 0 Å². The summed E-state index contributed by atoms with van der Waals surface area (Å²) in [6.45, 7) is 7.12. The highest BCUT2D eigenvalue weighted by molar-refractivity contribution is 14.1. The molecule has 0 aromatic carbocycles. The summed E-state index contributed by atoms with van der Waals surface area (Å²) < 4.78 is 2.53. The van der Waals surface area contributed by atoms with Gasteiger partial charge >= 0.3 is 0 Å². The van der Waals surface area contributed by atoms with E-state index in [1.165, 1.54) is 19.3 Å². The summed E-state index contributed by atoms with van der Waals surface area (Å²) in [5.74, 6) is 1.41. The van der Waals surface area contributed by atoms with Crippen LogP contribution in [0.2, 0.25) is 0 Å². The van der Waals surface area contributed by atoms with E-state index in [-0.39, 0.29) is 5.56 Å². The Bertz CT molecular complexity index is 414. The smallest absolute Gasteiger partial charge is 0.266 e. The van der Waals surface area contributed by atoms with Gasteiger partial charge in [-0.1, -0.05) is 33.1 Å². The molecule has 0 aliphatic heterocycles. The summed E-state index contributed by atoms with van der Waals surface area (Å²) in [7, 11) is 0. The molecule has 0 saturated carbocycles. The van der Waals surface area contributed by atoms with E-state index in [1.54, 1.807) is 6.20 Å². The average molecular weight is 348 g/mol. The molecule has 0 amide bonds. The molecular weight excluding hydrogens is 327 g/mol. The number of nitrogens with zero attached hydrogens (tertiary/aromatic N) is 2. The van der Waals surface area contributed by atoms with Gasteiger partial charge in [-0.3, -0.25) is 9.36 Å². The van der Waals surface area contributed by atoms with Crippen LogP contribution in [0.1, 0.15) is 45.4 Å². The number of hydrogen-bond donors (Lipinski definition) is 0. The van der Waals surface area contributed by atoms with Gasteiger partial charge in [0.2, 0.25) is 0 Å². The van der Waals surface area contributed by atoms with Crippen LogP contribution in [0.25, 0.3) is 0 Å². The van der Waals surface area contributed by atoms with Crippen molar-refractivity contribution in [2.75, 3.05) is 0 Å². The van der Waals surface area contributed by atoms with Crippen molar-refractivity contribution >= 4 is 22.6 Å². The maximum absolute atomic E-state index is 12.0. The van der Waals surface area contributed by atoms with Crippen LogP contribution >= 0.6 is 22.6 Å². The molecule has 96 valence electrons. The molecule has 0 bridgehead atoms. The fourth-order valence-corrected chi connectivity index (χ4v) is 2.37. The largest absolute Gasteiger partial charge is 0.296 e. The second-order valence-corrected chi connectivity index (χ2v) is 5.65. The van der Waals surface area contributed by atoms with Gasteiger partial charge in [-0.05, 0) is 41.9 Å². The molecule has 1 heterocycles. The molecular formula is C13H21IN2O. The van der Waals surface area contributed by atoms with E-state index in [4.69, 9.17) is 0 Å². The Morgan fingerprint density at radius 3 is 2.76 bits per heavy atom. The van der Waals surface area contributed by atoms with Gasteiger partial charge in [0.15, 0.2) is 0 Å². The average Bonchev–Trinajstić information content (AvgIpc) is 2.33. The maximum atomic E-state index is 12.0. The fourth-order valence-electron chi connectivity index (χ4n) is 1.94. The summed E-state index contributed by atoms with van der Waals surface area (Å²) in [5.41, 5.74) is 0.105. The molecule has 1 atom stereocenters. The van der Waals surface area contributed by atoms with E-state index in [2.05, 4.69) is 41.4 Å². The number of unbranched alkanes of at least 4 members (excludes halogenated alkanes) is 1. The molecule has 0 aliphatic rings. The van der Waals surface area contributed by atoms with Gasteiger partial charge in [0, 0.05) is 12.7 Å². The third-order valence-electron chi connectivity index (χ3n) is 3.19.